The highest BCUT2D eigenvalue weighted by molar-refractivity contribution is 9.10. The Bertz CT molecular complexity index is 434. The molecule has 0 saturated heterocycles. The average molecular weight is 327 g/mol. The lowest BCUT2D eigenvalue weighted by molar-refractivity contribution is -0.130. The summed E-state index contributed by atoms with van der Waals surface area (Å²) in [5.41, 5.74) is 8.09. The Morgan fingerprint density at radius 1 is 1.47 bits per heavy atom. The molecule has 1 atom stereocenters. The Labute approximate surface area is 124 Å². The molecule has 0 aliphatic heterocycles. The third-order valence-electron chi connectivity index (χ3n) is 3.38. The van der Waals surface area contributed by atoms with Gasteiger partial charge in [-0.15, -0.1) is 0 Å². The molecule has 0 spiro atoms. The summed E-state index contributed by atoms with van der Waals surface area (Å²) in [7, 11) is 1.86. The highest BCUT2D eigenvalue weighted by atomic mass is 79.9. The Kier molecular flexibility index (Phi) is 6.52. The number of rotatable bonds is 6. The van der Waals surface area contributed by atoms with Crippen LogP contribution in [0.4, 0.5) is 0 Å². The van der Waals surface area contributed by atoms with Crippen molar-refractivity contribution in [3.63, 3.8) is 0 Å². The molecule has 0 heterocycles. The lowest BCUT2D eigenvalue weighted by Gasteiger charge is -2.19. The predicted octanol–water partition coefficient (Wildman–Crippen LogP) is 2.74. The van der Waals surface area contributed by atoms with E-state index in [2.05, 4.69) is 35.0 Å². The molecule has 106 valence electrons. The molecule has 0 fully saturated rings. The van der Waals surface area contributed by atoms with Gasteiger partial charge in [-0.1, -0.05) is 28.9 Å². The first-order valence-electron chi connectivity index (χ1n) is 6.63. The molecular weight excluding hydrogens is 304 g/mol. The second kappa shape index (κ2) is 7.65. The van der Waals surface area contributed by atoms with E-state index in [-0.39, 0.29) is 11.8 Å². The second-order valence-electron chi connectivity index (χ2n) is 5.18. The van der Waals surface area contributed by atoms with Gasteiger partial charge in [-0.3, -0.25) is 4.79 Å². The van der Waals surface area contributed by atoms with Gasteiger partial charge in [-0.2, -0.15) is 0 Å². The van der Waals surface area contributed by atoms with Crippen molar-refractivity contribution in [2.24, 2.45) is 11.7 Å². The minimum atomic E-state index is 0.172. The molecule has 19 heavy (non-hydrogen) atoms. The zero-order valence-corrected chi connectivity index (χ0v) is 13.5. The summed E-state index contributed by atoms with van der Waals surface area (Å²) in [4.78, 5) is 13.7. The Morgan fingerprint density at radius 3 is 2.79 bits per heavy atom. The Morgan fingerprint density at radius 2 is 2.16 bits per heavy atom. The molecule has 0 aliphatic carbocycles. The topological polar surface area (TPSA) is 46.3 Å². The van der Waals surface area contributed by atoms with Crippen LogP contribution in [0.15, 0.2) is 22.7 Å². The summed E-state index contributed by atoms with van der Waals surface area (Å²) in [6.45, 7) is 5.40. The molecular formula is C15H23BrN2O. The third kappa shape index (κ3) is 5.33. The van der Waals surface area contributed by atoms with Gasteiger partial charge in [0.2, 0.25) is 5.91 Å². The molecule has 1 aromatic rings. The fourth-order valence-electron chi connectivity index (χ4n) is 1.86. The molecule has 1 rings (SSSR count). The van der Waals surface area contributed by atoms with Gasteiger partial charge in [-0.05, 0) is 49.1 Å². The largest absolute Gasteiger partial charge is 0.345 e. The fourth-order valence-corrected chi connectivity index (χ4v) is 2.27. The number of aryl methyl sites for hydroxylation is 1. The zero-order chi connectivity index (χ0) is 14.4. The van der Waals surface area contributed by atoms with Crippen molar-refractivity contribution in [1.29, 1.82) is 0 Å². The van der Waals surface area contributed by atoms with Crippen LogP contribution in [-0.4, -0.2) is 30.9 Å². The van der Waals surface area contributed by atoms with Gasteiger partial charge < -0.3 is 10.6 Å². The molecule has 0 bridgehead atoms. The maximum absolute atomic E-state index is 11.9. The minimum Gasteiger partial charge on any atom is -0.345 e. The maximum Gasteiger partial charge on any atom is 0.222 e. The third-order valence-corrected chi connectivity index (χ3v) is 3.87. The highest BCUT2D eigenvalue weighted by Crippen LogP contribution is 2.17. The molecule has 3 nitrogen and oxygen atoms in total. The van der Waals surface area contributed by atoms with E-state index in [1.807, 2.05) is 20.0 Å². The van der Waals surface area contributed by atoms with E-state index in [0.29, 0.717) is 13.0 Å². The Balaban J connectivity index is 2.51. The molecule has 0 aromatic heterocycles. The van der Waals surface area contributed by atoms with Gasteiger partial charge in [0, 0.05) is 24.5 Å². The van der Waals surface area contributed by atoms with Crippen LogP contribution in [0.1, 0.15) is 24.5 Å². The zero-order valence-electron chi connectivity index (χ0n) is 11.9. The predicted molar refractivity (Wildman–Crippen MR) is 83.1 cm³/mol. The molecule has 0 aliphatic rings. The van der Waals surface area contributed by atoms with E-state index in [1.165, 1.54) is 11.1 Å². The van der Waals surface area contributed by atoms with E-state index < -0.39 is 0 Å². The molecule has 1 unspecified atom stereocenters. The van der Waals surface area contributed by atoms with Crippen molar-refractivity contribution >= 4 is 21.8 Å². The van der Waals surface area contributed by atoms with Crippen LogP contribution in [0, 0.1) is 12.8 Å². The summed E-state index contributed by atoms with van der Waals surface area (Å²) in [5, 5.41) is 0. The standard InChI is InChI=1S/C15H23BrN2O/c1-11(10-17)8-15(19)18(3)7-6-13-9-14(16)5-4-12(13)2/h4-5,9,11H,6-8,10,17H2,1-3H3. The molecule has 4 heteroatoms. The van der Waals surface area contributed by atoms with Crippen LogP contribution in [-0.2, 0) is 11.2 Å². The highest BCUT2D eigenvalue weighted by Gasteiger charge is 2.12. The Hall–Kier alpha value is -0.870. The average Bonchev–Trinajstić information content (AvgIpc) is 2.39. The molecule has 0 saturated carbocycles. The number of amides is 1. The number of benzene rings is 1. The van der Waals surface area contributed by atoms with Gasteiger partial charge >= 0.3 is 0 Å². The van der Waals surface area contributed by atoms with Crippen LogP contribution >= 0.6 is 15.9 Å². The van der Waals surface area contributed by atoms with Crippen molar-refractivity contribution in [3.05, 3.63) is 33.8 Å². The number of likely N-dealkylation sites (N-methyl/N-ethyl adjacent to an activating group) is 1. The quantitative estimate of drug-likeness (QED) is 0.873. The lowest BCUT2D eigenvalue weighted by atomic mass is 10.0. The summed E-state index contributed by atoms with van der Waals surface area (Å²) >= 11 is 3.48. The lowest BCUT2D eigenvalue weighted by Crippen LogP contribution is -2.31. The van der Waals surface area contributed by atoms with Gasteiger partial charge in [0.15, 0.2) is 0 Å². The molecule has 1 amide bonds. The van der Waals surface area contributed by atoms with Gasteiger partial charge in [-0.25, -0.2) is 0 Å². The normalized spacial score (nSPS) is 12.3. The van der Waals surface area contributed by atoms with Crippen LogP contribution in [0.3, 0.4) is 0 Å². The number of carbonyl (C=O) groups is 1. The monoisotopic (exact) mass is 326 g/mol. The second-order valence-corrected chi connectivity index (χ2v) is 6.10. The molecule has 1 aromatic carbocycles. The summed E-state index contributed by atoms with van der Waals surface area (Å²) < 4.78 is 1.08. The SMILES string of the molecule is Cc1ccc(Br)cc1CCN(C)C(=O)CC(C)CN. The number of carbonyl (C=O) groups excluding carboxylic acids is 1. The van der Waals surface area contributed by atoms with Crippen LogP contribution in [0.2, 0.25) is 0 Å². The first-order chi connectivity index (χ1) is 8.93. The van der Waals surface area contributed by atoms with Gasteiger partial charge in [0.05, 0.1) is 0 Å². The van der Waals surface area contributed by atoms with E-state index in [4.69, 9.17) is 5.73 Å². The van der Waals surface area contributed by atoms with E-state index in [0.717, 1.165) is 17.4 Å². The van der Waals surface area contributed by atoms with E-state index in [1.54, 1.807) is 4.90 Å². The van der Waals surface area contributed by atoms with Crippen molar-refractivity contribution in [2.75, 3.05) is 20.1 Å². The number of hydrogen-bond acceptors (Lipinski definition) is 2. The number of nitrogens with two attached hydrogens (primary N) is 1. The number of halogens is 1. The summed E-state index contributed by atoms with van der Waals surface area (Å²) in [6.07, 6.45) is 1.41. The minimum absolute atomic E-state index is 0.172. The van der Waals surface area contributed by atoms with E-state index >= 15 is 0 Å². The maximum atomic E-state index is 11.9. The first-order valence-corrected chi connectivity index (χ1v) is 7.42. The van der Waals surface area contributed by atoms with Crippen LogP contribution < -0.4 is 5.73 Å². The first kappa shape index (κ1) is 16.2. The van der Waals surface area contributed by atoms with Crippen molar-refractivity contribution in [1.82, 2.24) is 4.90 Å². The van der Waals surface area contributed by atoms with Crippen molar-refractivity contribution < 1.29 is 4.79 Å². The summed E-state index contributed by atoms with van der Waals surface area (Å²) in [6, 6.07) is 6.25. The fraction of sp³-hybridized carbons (Fsp3) is 0.533. The van der Waals surface area contributed by atoms with Crippen molar-refractivity contribution in [2.45, 2.75) is 26.7 Å². The van der Waals surface area contributed by atoms with Gasteiger partial charge in [0.1, 0.15) is 0 Å². The number of hydrogen-bond donors (Lipinski definition) is 1. The summed E-state index contributed by atoms with van der Waals surface area (Å²) in [5.74, 6) is 0.424. The number of nitrogens with zero attached hydrogens (tertiary/aromatic N) is 1. The molecule has 2 N–H and O–H groups in total. The molecule has 0 radical (unpaired) electrons. The van der Waals surface area contributed by atoms with Gasteiger partial charge in [0.25, 0.3) is 0 Å². The van der Waals surface area contributed by atoms with Crippen LogP contribution in [0.25, 0.3) is 0 Å². The van der Waals surface area contributed by atoms with E-state index in [9.17, 15) is 4.79 Å². The van der Waals surface area contributed by atoms with Crippen molar-refractivity contribution in [3.8, 4) is 0 Å². The van der Waals surface area contributed by atoms with Crippen LogP contribution in [0.5, 0.6) is 0 Å². The smallest absolute Gasteiger partial charge is 0.222 e.